The van der Waals surface area contributed by atoms with Crippen LogP contribution < -0.4 is 10.1 Å². The van der Waals surface area contributed by atoms with Crippen LogP contribution in [0.2, 0.25) is 0 Å². The first kappa shape index (κ1) is 36.9. The summed E-state index contributed by atoms with van der Waals surface area (Å²) in [6.45, 7) is 1.42. The summed E-state index contributed by atoms with van der Waals surface area (Å²) in [7, 11) is 0. The molecule has 288 valence electrons. The van der Waals surface area contributed by atoms with Crippen LogP contribution in [0, 0.1) is 5.82 Å². The predicted molar refractivity (Wildman–Crippen MR) is 204 cm³/mol. The Morgan fingerprint density at radius 2 is 1.72 bits per heavy atom. The molecule has 2 atom stereocenters. The second-order valence-corrected chi connectivity index (χ2v) is 13.8. The molecular formula is C42H37FN8O6. The Bertz CT molecular complexity index is 2420. The van der Waals surface area contributed by atoms with Crippen molar-refractivity contribution in [1.29, 1.82) is 0 Å². The second-order valence-electron chi connectivity index (χ2n) is 13.8. The van der Waals surface area contributed by atoms with Gasteiger partial charge >= 0.3 is 12.0 Å². The number of amides is 4. The van der Waals surface area contributed by atoms with Crippen LogP contribution in [0.4, 0.5) is 9.18 Å². The number of carbonyl (C=O) groups excluding carboxylic acids is 4. The van der Waals surface area contributed by atoms with Crippen LogP contribution in [0.15, 0.2) is 120 Å². The van der Waals surface area contributed by atoms with Crippen LogP contribution in [-0.2, 0) is 40.4 Å². The van der Waals surface area contributed by atoms with E-state index in [0.717, 1.165) is 33.8 Å². The van der Waals surface area contributed by atoms with Gasteiger partial charge in [0.2, 0.25) is 11.8 Å². The van der Waals surface area contributed by atoms with Crippen molar-refractivity contribution in [3.8, 4) is 17.1 Å². The summed E-state index contributed by atoms with van der Waals surface area (Å²) in [6.07, 6.45) is 1.99. The highest BCUT2D eigenvalue weighted by Crippen LogP contribution is 2.32. The van der Waals surface area contributed by atoms with Gasteiger partial charge in [-0.2, -0.15) is 5.01 Å². The normalized spacial score (nSPS) is 17.1. The van der Waals surface area contributed by atoms with E-state index in [9.17, 15) is 23.6 Å². The van der Waals surface area contributed by atoms with E-state index in [1.54, 1.807) is 46.4 Å². The Morgan fingerprint density at radius 1 is 0.895 bits per heavy atom. The third-order valence-corrected chi connectivity index (χ3v) is 9.92. The molecule has 2 saturated heterocycles. The number of esters is 1. The number of carbonyl (C=O) groups is 4. The second kappa shape index (κ2) is 16.0. The molecule has 0 unspecified atom stereocenters. The average molecular weight is 769 g/mol. The number of nitrogens with zero attached hydrogens (tertiary/aromatic N) is 7. The van der Waals surface area contributed by atoms with Crippen molar-refractivity contribution in [2.75, 3.05) is 13.1 Å². The highest BCUT2D eigenvalue weighted by molar-refractivity contribution is 5.92. The van der Waals surface area contributed by atoms with Gasteiger partial charge in [-0.1, -0.05) is 65.8 Å². The molecule has 1 N–H and O–H groups in total. The van der Waals surface area contributed by atoms with Gasteiger partial charge in [-0.15, -0.1) is 0 Å². The Labute approximate surface area is 326 Å². The van der Waals surface area contributed by atoms with Crippen molar-refractivity contribution < 1.29 is 32.8 Å². The van der Waals surface area contributed by atoms with E-state index in [1.807, 2.05) is 60.7 Å². The molecule has 0 aliphatic carbocycles. The Hall–Kier alpha value is -7.00. The molecule has 6 aromatic rings. The lowest BCUT2D eigenvalue weighted by Gasteiger charge is -2.55. The fourth-order valence-corrected chi connectivity index (χ4v) is 7.34. The van der Waals surface area contributed by atoms with E-state index >= 15 is 0 Å². The fourth-order valence-electron chi connectivity index (χ4n) is 7.34. The van der Waals surface area contributed by atoms with E-state index in [1.165, 1.54) is 29.0 Å². The van der Waals surface area contributed by atoms with Crippen molar-refractivity contribution in [1.82, 2.24) is 40.3 Å². The number of piperazine rings is 1. The first-order valence-corrected chi connectivity index (χ1v) is 18.3. The number of halogens is 1. The lowest BCUT2D eigenvalue weighted by Crippen LogP contribution is -2.76. The molecule has 0 bridgehead atoms. The molecule has 14 nitrogen and oxygen atoms in total. The molecule has 0 saturated carbocycles. The van der Waals surface area contributed by atoms with Gasteiger partial charge in [-0.25, -0.2) is 14.2 Å². The number of fused-ring (bicyclic) bond motifs is 2. The summed E-state index contributed by atoms with van der Waals surface area (Å²) in [5.74, 6) is -0.928. The van der Waals surface area contributed by atoms with Gasteiger partial charge in [0, 0.05) is 44.1 Å². The third-order valence-electron chi connectivity index (χ3n) is 9.92. The Balaban J connectivity index is 1.16. The molecule has 2 aliphatic rings. The number of hydrogen-bond donors (Lipinski definition) is 1. The minimum atomic E-state index is -0.989. The van der Waals surface area contributed by atoms with Crippen molar-refractivity contribution in [2.45, 2.75) is 45.2 Å². The van der Waals surface area contributed by atoms with Crippen LogP contribution in [0.1, 0.15) is 29.4 Å². The van der Waals surface area contributed by atoms with Gasteiger partial charge < -0.3 is 24.4 Å². The minimum Gasteiger partial charge on any atom is -0.427 e. The number of urea groups is 1. The number of aromatic nitrogens is 3. The van der Waals surface area contributed by atoms with Gasteiger partial charge in [-0.3, -0.25) is 24.4 Å². The number of benzene rings is 3. The van der Waals surface area contributed by atoms with Crippen molar-refractivity contribution in [3.63, 3.8) is 0 Å². The Kier molecular flexibility index (Phi) is 10.4. The van der Waals surface area contributed by atoms with Gasteiger partial charge in [0.05, 0.1) is 37.0 Å². The van der Waals surface area contributed by atoms with E-state index in [4.69, 9.17) is 9.26 Å². The van der Waals surface area contributed by atoms with Gasteiger partial charge in [0.25, 0.3) is 0 Å². The topological polar surface area (TPSA) is 154 Å². The lowest BCUT2D eigenvalue weighted by atomic mass is 9.97. The summed E-state index contributed by atoms with van der Waals surface area (Å²) >= 11 is 0. The van der Waals surface area contributed by atoms with E-state index in [2.05, 4.69) is 20.4 Å². The zero-order valence-electron chi connectivity index (χ0n) is 30.8. The molecule has 5 heterocycles. The summed E-state index contributed by atoms with van der Waals surface area (Å²) < 4.78 is 24.5. The van der Waals surface area contributed by atoms with Crippen molar-refractivity contribution in [2.24, 2.45) is 0 Å². The number of rotatable bonds is 10. The van der Waals surface area contributed by atoms with E-state index in [-0.39, 0.29) is 51.0 Å². The predicted octanol–water partition coefficient (Wildman–Crippen LogP) is 5.10. The van der Waals surface area contributed by atoms with Crippen LogP contribution in [0.5, 0.6) is 5.75 Å². The highest BCUT2D eigenvalue weighted by Gasteiger charge is 2.51. The van der Waals surface area contributed by atoms with Crippen LogP contribution in [0.25, 0.3) is 22.3 Å². The first-order chi connectivity index (χ1) is 27.7. The minimum absolute atomic E-state index is 0.000473. The van der Waals surface area contributed by atoms with E-state index < -0.39 is 30.0 Å². The average Bonchev–Trinajstić information content (AvgIpc) is 3.68. The summed E-state index contributed by atoms with van der Waals surface area (Å²) in [5.41, 5.74) is 3.96. The first-order valence-electron chi connectivity index (χ1n) is 18.3. The standard InChI is InChI=1S/C42H37FN8O6/c1-27(52)56-32-15-12-28(13-16-32)19-38-41(54)48(23-30-9-5-11-35-34(30)10-6-18-44-35)25-39-50(38)40(53)26-49(51(39)42(55)46-21-29-7-3-2-4-8-29)24-33-20-37(47-57-33)36-17-14-31(43)22-45-36/h2-18,20,22,38-39H,19,21,23-26H2,1H3,(H,46,55)/t38-,39-/m0/s1. The monoisotopic (exact) mass is 768 g/mol. The van der Waals surface area contributed by atoms with Gasteiger partial charge in [0.15, 0.2) is 5.76 Å². The molecule has 57 heavy (non-hydrogen) atoms. The molecule has 0 radical (unpaired) electrons. The van der Waals surface area contributed by atoms with Crippen LogP contribution in [-0.4, -0.2) is 84.1 Å². The number of ether oxygens (including phenoxy) is 1. The summed E-state index contributed by atoms with van der Waals surface area (Å²) in [4.78, 5) is 66.9. The number of nitrogens with one attached hydrogen (secondary N) is 1. The maximum atomic E-state index is 14.7. The molecule has 15 heteroatoms. The highest BCUT2D eigenvalue weighted by atomic mass is 19.1. The molecule has 4 amide bonds. The number of pyridine rings is 2. The molecule has 2 aliphatic heterocycles. The molecule has 3 aromatic carbocycles. The van der Waals surface area contributed by atoms with Crippen LogP contribution in [0.3, 0.4) is 0 Å². The van der Waals surface area contributed by atoms with Gasteiger partial charge in [-0.05, 0) is 53.1 Å². The Morgan fingerprint density at radius 3 is 2.49 bits per heavy atom. The molecule has 2 fully saturated rings. The lowest BCUT2D eigenvalue weighted by molar-refractivity contribution is -0.193. The smallest absolute Gasteiger partial charge is 0.334 e. The SMILES string of the molecule is CC(=O)Oc1ccc(C[C@H]2C(=O)N(Cc3cccc4ncccc34)C[C@H]3N2C(=O)CN(Cc2cc(-c4ccc(F)cn4)no2)N3C(=O)NCc2ccccc2)cc1. The molecule has 8 rings (SSSR count). The summed E-state index contributed by atoms with van der Waals surface area (Å²) in [5, 5.41) is 11.1. The summed E-state index contributed by atoms with van der Waals surface area (Å²) in [6, 6.07) is 28.6. The maximum Gasteiger partial charge on any atom is 0.334 e. The molecule has 3 aromatic heterocycles. The third kappa shape index (κ3) is 8.04. The number of hydrogen-bond acceptors (Lipinski definition) is 10. The van der Waals surface area contributed by atoms with E-state index in [0.29, 0.717) is 22.9 Å². The maximum absolute atomic E-state index is 14.7. The molecule has 0 spiro atoms. The van der Waals surface area contributed by atoms with Crippen LogP contribution >= 0.6 is 0 Å². The molecular weight excluding hydrogens is 732 g/mol. The van der Waals surface area contributed by atoms with Gasteiger partial charge in [0.1, 0.15) is 29.5 Å². The fraction of sp³-hybridized carbons (Fsp3) is 0.214. The van der Waals surface area contributed by atoms with Crippen molar-refractivity contribution in [3.05, 3.63) is 144 Å². The largest absolute Gasteiger partial charge is 0.427 e. The zero-order chi connectivity index (χ0) is 39.5. The zero-order valence-corrected chi connectivity index (χ0v) is 30.8. The number of hydrazine groups is 1. The van der Waals surface area contributed by atoms with Crippen molar-refractivity contribution >= 4 is 34.7 Å². The quantitative estimate of drug-likeness (QED) is 0.147.